The highest BCUT2D eigenvalue weighted by Crippen LogP contribution is 2.24. The van der Waals surface area contributed by atoms with Gasteiger partial charge >= 0.3 is 0 Å². The standard InChI is InChI=1S/C13H25NO4S/c1-6-9(7-2)13(18)19-11(12(16)17)10(15)8-14(3,4)5/h9-11,15H,6-8H2,1-5H3. The van der Waals surface area contributed by atoms with Crippen LogP contribution >= 0.6 is 11.8 Å². The monoisotopic (exact) mass is 291 g/mol. The number of carboxylic acids is 1. The van der Waals surface area contributed by atoms with Crippen LogP contribution in [0.5, 0.6) is 0 Å². The summed E-state index contributed by atoms with van der Waals surface area (Å²) in [5, 5.41) is 19.7. The Bertz CT molecular complexity index is 310. The van der Waals surface area contributed by atoms with Crippen LogP contribution in [0.25, 0.3) is 0 Å². The first kappa shape index (κ1) is 18.4. The molecule has 0 fully saturated rings. The van der Waals surface area contributed by atoms with E-state index in [1.807, 2.05) is 35.0 Å². The second kappa shape index (κ2) is 7.87. The summed E-state index contributed by atoms with van der Waals surface area (Å²) in [6.07, 6.45) is 0.245. The van der Waals surface area contributed by atoms with Crippen molar-refractivity contribution >= 4 is 22.8 Å². The Morgan fingerprint density at radius 1 is 1.21 bits per heavy atom. The summed E-state index contributed by atoms with van der Waals surface area (Å²) in [4.78, 5) is 23.1. The van der Waals surface area contributed by atoms with E-state index in [1.54, 1.807) is 0 Å². The maximum absolute atomic E-state index is 11.9. The van der Waals surface area contributed by atoms with Crippen molar-refractivity contribution in [3.05, 3.63) is 0 Å². The summed E-state index contributed by atoms with van der Waals surface area (Å²) < 4.78 is 0.421. The van der Waals surface area contributed by atoms with Crippen LogP contribution < -0.4 is 5.11 Å². The molecule has 0 saturated carbocycles. The van der Waals surface area contributed by atoms with E-state index in [2.05, 4.69) is 0 Å². The predicted octanol–water partition coefficient (Wildman–Crippen LogP) is -0.132. The first-order valence-electron chi connectivity index (χ1n) is 6.52. The van der Waals surface area contributed by atoms with Crippen molar-refractivity contribution in [1.82, 2.24) is 0 Å². The molecule has 2 unspecified atom stereocenters. The number of aliphatic hydroxyl groups is 1. The average Bonchev–Trinajstić information content (AvgIpc) is 2.24. The van der Waals surface area contributed by atoms with Crippen LogP contribution in [0, 0.1) is 5.92 Å². The molecule has 0 aliphatic carbocycles. The molecule has 0 aliphatic heterocycles. The zero-order chi connectivity index (χ0) is 15.2. The Hall–Kier alpha value is -0.590. The number of nitrogens with zero attached hydrogens (tertiary/aromatic N) is 1. The Morgan fingerprint density at radius 2 is 1.68 bits per heavy atom. The summed E-state index contributed by atoms with van der Waals surface area (Å²) in [5.74, 6) is -1.55. The summed E-state index contributed by atoms with van der Waals surface area (Å²) in [6.45, 7) is 4.04. The molecule has 0 heterocycles. The maximum Gasteiger partial charge on any atom is 0.192 e. The zero-order valence-corrected chi connectivity index (χ0v) is 13.2. The van der Waals surface area contributed by atoms with Crippen LogP contribution in [0.3, 0.4) is 0 Å². The fourth-order valence-corrected chi connectivity index (χ4v) is 2.90. The molecule has 19 heavy (non-hydrogen) atoms. The Morgan fingerprint density at radius 3 is 2.00 bits per heavy atom. The van der Waals surface area contributed by atoms with E-state index in [1.165, 1.54) is 0 Å². The van der Waals surface area contributed by atoms with E-state index in [0.29, 0.717) is 29.1 Å². The fourth-order valence-electron chi connectivity index (χ4n) is 1.78. The molecule has 2 atom stereocenters. The van der Waals surface area contributed by atoms with Gasteiger partial charge in [-0.3, -0.25) is 4.79 Å². The normalized spacial score (nSPS) is 15.3. The summed E-state index contributed by atoms with van der Waals surface area (Å²) in [6, 6.07) is 0. The number of hydrogen-bond acceptors (Lipinski definition) is 5. The number of carbonyl (C=O) groups excluding carboxylic acids is 2. The highest BCUT2D eigenvalue weighted by molar-refractivity contribution is 8.14. The lowest BCUT2D eigenvalue weighted by Gasteiger charge is -2.31. The minimum absolute atomic E-state index is 0.164. The van der Waals surface area contributed by atoms with Gasteiger partial charge in [-0.15, -0.1) is 0 Å². The van der Waals surface area contributed by atoms with Gasteiger partial charge in [0.05, 0.1) is 32.4 Å². The van der Waals surface area contributed by atoms with Gasteiger partial charge in [-0.05, 0) is 12.8 Å². The molecule has 0 radical (unpaired) electrons. The van der Waals surface area contributed by atoms with Gasteiger partial charge in [-0.25, -0.2) is 0 Å². The second-order valence-electron chi connectivity index (χ2n) is 5.73. The predicted molar refractivity (Wildman–Crippen MR) is 74.4 cm³/mol. The highest BCUT2D eigenvalue weighted by Gasteiger charge is 2.30. The number of carbonyl (C=O) groups is 2. The van der Waals surface area contributed by atoms with Gasteiger partial charge in [0.15, 0.2) is 5.12 Å². The number of thioether (sulfide) groups is 1. The van der Waals surface area contributed by atoms with Gasteiger partial charge < -0.3 is 19.5 Å². The molecule has 0 aliphatic rings. The largest absolute Gasteiger partial charge is 0.549 e. The van der Waals surface area contributed by atoms with Crippen molar-refractivity contribution in [2.24, 2.45) is 5.92 Å². The third-order valence-corrected chi connectivity index (χ3v) is 4.20. The molecule has 6 heteroatoms. The zero-order valence-electron chi connectivity index (χ0n) is 12.4. The summed E-state index contributed by atoms with van der Waals surface area (Å²) in [7, 11) is 5.55. The van der Waals surface area contributed by atoms with E-state index in [-0.39, 0.29) is 17.6 Å². The van der Waals surface area contributed by atoms with Crippen LogP contribution in [0.15, 0.2) is 0 Å². The molecule has 0 amide bonds. The van der Waals surface area contributed by atoms with Crippen LogP contribution in [0.2, 0.25) is 0 Å². The number of carboxylic acid groups (broad SMARTS) is 1. The van der Waals surface area contributed by atoms with Gasteiger partial charge in [-0.2, -0.15) is 0 Å². The lowest BCUT2D eigenvalue weighted by atomic mass is 10.1. The summed E-state index contributed by atoms with van der Waals surface area (Å²) in [5.41, 5.74) is 0. The van der Waals surface area contributed by atoms with Crippen LogP contribution in [-0.4, -0.2) is 59.7 Å². The third kappa shape index (κ3) is 6.94. The highest BCUT2D eigenvalue weighted by atomic mass is 32.2. The lowest BCUT2D eigenvalue weighted by molar-refractivity contribution is -0.873. The van der Waals surface area contributed by atoms with Gasteiger partial charge in [0.2, 0.25) is 0 Å². The summed E-state index contributed by atoms with van der Waals surface area (Å²) >= 11 is 0.698. The van der Waals surface area contributed by atoms with Crippen LogP contribution in [0.1, 0.15) is 26.7 Å². The van der Waals surface area contributed by atoms with Crippen LogP contribution in [-0.2, 0) is 9.59 Å². The molecule has 0 aromatic heterocycles. The smallest absolute Gasteiger partial charge is 0.192 e. The Kier molecular flexibility index (Phi) is 7.62. The van der Waals surface area contributed by atoms with Crippen molar-refractivity contribution in [1.29, 1.82) is 0 Å². The molecule has 1 N–H and O–H groups in total. The number of aliphatic carboxylic acids is 1. The SMILES string of the molecule is CCC(CC)C(=O)SC(C(=O)[O-])C(O)C[N+](C)(C)C. The first-order valence-corrected chi connectivity index (χ1v) is 7.40. The molecule has 0 bridgehead atoms. The van der Waals surface area contributed by atoms with Gasteiger partial charge in [0, 0.05) is 5.92 Å². The Labute approximate surface area is 119 Å². The van der Waals surface area contributed by atoms with E-state index in [0.717, 1.165) is 0 Å². The number of rotatable bonds is 8. The van der Waals surface area contributed by atoms with Crippen molar-refractivity contribution in [3.8, 4) is 0 Å². The number of likely N-dealkylation sites (N-methyl/N-ethyl adjacent to an activating group) is 1. The minimum atomic E-state index is -1.38. The molecule has 0 aromatic rings. The van der Waals surface area contributed by atoms with E-state index >= 15 is 0 Å². The molecular weight excluding hydrogens is 266 g/mol. The molecule has 0 aromatic carbocycles. The number of hydrogen-bond donors (Lipinski definition) is 1. The minimum Gasteiger partial charge on any atom is -0.549 e. The van der Waals surface area contributed by atoms with E-state index < -0.39 is 17.3 Å². The first-order chi connectivity index (χ1) is 8.62. The van der Waals surface area contributed by atoms with Gasteiger partial charge in [-0.1, -0.05) is 25.6 Å². The fraction of sp³-hybridized carbons (Fsp3) is 0.846. The third-order valence-electron chi connectivity index (χ3n) is 2.88. The van der Waals surface area contributed by atoms with Crippen LogP contribution in [0.4, 0.5) is 0 Å². The molecule has 5 nitrogen and oxygen atoms in total. The number of aliphatic hydroxyl groups excluding tert-OH is 1. The Balaban J connectivity index is 4.75. The average molecular weight is 291 g/mol. The van der Waals surface area contributed by atoms with Crippen molar-refractivity contribution in [2.45, 2.75) is 38.0 Å². The quantitative estimate of drug-likeness (QED) is 0.630. The number of quaternary nitrogens is 1. The van der Waals surface area contributed by atoms with Gasteiger partial charge in [0.25, 0.3) is 0 Å². The van der Waals surface area contributed by atoms with Crippen molar-refractivity contribution in [2.75, 3.05) is 27.7 Å². The van der Waals surface area contributed by atoms with Crippen molar-refractivity contribution < 1.29 is 24.3 Å². The maximum atomic E-state index is 11.9. The van der Waals surface area contributed by atoms with E-state index in [9.17, 15) is 19.8 Å². The van der Waals surface area contributed by atoms with Gasteiger partial charge in [0.1, 0.15) is 12.6 Å². The molecule has 112 valence electrons. The topological polar surface area (TPSA) is 77.4 Å². The lowest BCUT2D eigenvalue weighted by Crippen LogP contribution is -2.50. The van der Waals surface area contributed by atoms with Crippen molar-refractivity contribution in [3.63, 3.8) is 0 Å². The second-order valence-corrected chi connectivity index (χ2v) is 6.88. The van der Waals surface area contributed by atoms with E-state index in [4.69, 9.17) is 0 Å². The molecule has 0 rings (SSSR count). The molecular formula is C13H25NO4S. The molecule has 0 saturated heterocycles. The molecule has 0 spiro atoms.